The van der Waals surface area contributed by atoms with Crippen LogP contribution in [-0.4, -0.2) is 32.2 Å². The molecule has 0 fully saturated rings. The number of unbranched alkanes of at least 4 members (excludes halogenated alkanes) is 1. The quantitative estimate of drug-likeness (QED) is 0.485. The topological polar surface area (TPSA) is 72.7 Å². The number of carbonyl (C=O) groups excluding carboxylic acids is 1. The lowest BCUT2D eigenvalue weighted by atomic mass is 10.0. The highest BCUT2D eigenvalue weighted by Gasteiger charge is 2.20. The highest BCUT2D eigenvalue weighted by molar-refractivity contribution is 5.94. The van der Waals surface area contributed by atoms with Gasteiger partial charge in [-0.2, -0.15) is 5.10 Å². The van der Waals surface area contributed by atoms with Crippen molar-refractivity contribution in [2.24, 2.45) is 0 Å². The second kappa shape index (κ2) is 8.75. The number of benzene rings is 2. The van der Waals surface area contributed by atoms with E-state index in [1.807, 2.05) is 18.2 Å². The van der Waals surface area contributed by atoms with E-state index in [-0.39, 0.29) is 5.91 Å². The zero-order valence-corrected chi connectivity index (χ0v) is 18.1. The largest absolute Gasteiger partial charge is 0.349 e. The summed E-state index contributed by atoms with van der Waals surface area (Å²) in [7, 11) is 0. The fourth-order valence-electron chi connectivity index (χ4n) is 3.96. The molecule has 6 nitrogen and oxygen atoms in total. The van der Waals surface area contributed by atoms with E-state index in [4.69, 9.17) is 4.98 Å². The number of hydrogen-bond donors (Lipinski definition) is 1. The molecule has 1 aliphatic heterocycles. The SMILES string of the molecule is CCCCc1ccc(-c2ccc(-c3nccc(-c4cc5n(n4)CCNC5=O)n3)cc2)cc1. The van der Waals surface area contributed by atoms with E-state index in [0.717, 1.165) is 12.0 Å². The number of nitrogens with zero attached hydrogens (tertiary/aromatic N) is 4. The Hall–Kier alpha value is -3.80. The molecule has 1 aliphatic rings. The molecule has 0 atom stereocenters. The van der Waals surface area contributed by atoms with E-state index in [1.165, 1.54) is 29.5 Å². The molecular formula is C26H25N5O. The molecule has 5 rings (SSSR count). The summed E-state index contributed by atoms with van der Waals surface area (Å²) in [6, 6.07) is 20.7. The summed E-state index contributed by atoms with van der Waals surface area (Å²) in [6.45, 7) is 3.48. The first kappa shape index (κ1) is 20.1. The third-order valence-corrected chi connectivity index (χ3v) is 5.79. The maximum Gasteiger partial charge on any atom is 0.269 e. The van der Waals surface area contributed by atoms with Gasteiger partial charge >= 0.3 is 0 Å². The summed E-state index contributed by atoms with van der Waals surface area (Å²) < 4.78 is 1.73. The Kier molecular flexibility index (Phi) is 5.50. The molecule has 160 valence electrons. The summed E-state index contributed by atoms with van der Waals surface area (Å²) in [4.78, 5) is 21.2. The van der Waals surface area contributed by atoms with Crippen LogP contribution in [0.1, 0.15) is 35.8 Å². The van der Waals surface area contributed by atoms with E-state index < -0.39 is 0 Å². The van der Waals surface area contributed by atoms with Crippen LogP contribution in [0.25, 0.3) is 33.9 Å². The summed E-state index contributed by atoms with van der Waals surface area (Å²) in [5.41, 5.74) is 6.65. The molecule has 0 spiro atoms. The number of fused-ring (bicyclic) bond motifs is 1. The first-order chi connectivity index (χ1) is 15.7. The highest BCUT2D eigenvalue weighted by atomic mass is 16.2. The zero-order chi connectivity index (χ0) is 21.9. The van der Waals surface area contributed by atoms with E-state index in [0.29, 0.717) is 36.0 Å². The number of amides is 1. The Balaban J connectivity index is 1.37. The lowest BCUT2D eigenvalue weighted by Crippen LogP contribution is -2.35. The maximum atomic E-state index is 12.0. The van der Waals surface area contributed by atoms with E-state index in [9.17, 15) is 4.79 Å². The van der Waals surface area contributed by atoms with Crippen molar-refractivity contribution in [2.75, 3.05) is 6.54 Å². The number of carbonyl (C=O) groups is 1. The summed E-state index contributed by atoms with van der Waals surface area (Å²) in [5.74, 6) is 0.539. The molecule has 2 aromatic heterocycles. The van der Waals surface area contributed by atoms with Crippen molar-refractivity contribution in [3.8, 4) is 33.9 Å². The van der Waals surface area contributed by atoms with Gasteiger partial charge in [0.2, 0.25) is 0 Å². The Bertz CT molecular complexity index is 1240. The Morgan fingerprint density at radius 3 is 2.38 bits per heavy atom. The van der Waals surface area contributed by atoms with Gasteiger partial charge in [0.25, 0.3) is 5.91 Å². The molecule has 0 bridgehead atoms. The number of aryl methyl sites for hydroxylation is 1. The molecule has 2 aromatic carbocycles. The molecule has 0 saturated carbocycles. The van der Waals surface area contributed by atoms with Crippen molar-refractivity contribution in [1.82, 2.24) is 25.1 Å². The molecule has 0 saturated heterocycles. The van der Waals surface area contributed by atoms with Gasteiger partial charge in [0.15, 0.2) is 5.82 Å². The number of aromatic nitrogens is 4. The van der Waals surface area contributed by atoms with Crippen LogP contribution in [0.5, 0.6) is 0 Å². The summed E-state index contributed by atoms with van der Waals surface area (Å²) >= 11 is 0. The van der Waals surface area contributed by atoms with Crippen molar-refractivity contribution in [3.63, 3.8) is 0 Å². The molecule has 0 unspecified atom stereocenters. The fraction of sp³-hybridized carbons (Fsp3) is 0.231. The predicted molar refractivity (Wildman–Crippen MR) is 125 cm³/mol. The smallest absolute Gasteiger partial charge is 0.269 e. The molecule has 1 N–H and O–H groups in total. The minimum absolute atomic E-state index is 0.0988. The molecule has 4 aromatic rings. The minimum atomic E-state index is -0.0988. The van der Waals surface area contributed by atoms with Gasteiger partial charge in [-0.25, -0.2) is 9.97 Å². The maximum absolute atomic E-state index is 12.0. The normalized spacial score (nSPS) is 13.0. The van der Waals surface area contributed by atoms with Gasteiger partial charge < -0.3 is 5.32 Å². The zero-order valence-electron chi connectivity index (χ0n) is 18.1. The average Bonchev–Trinajstić information content (AvgIpc) is 3.29. The average molecular weight is 424 g/mol. The van der Waals surface area contributed by atoms with Crippen LogP contribution in [0.15, 0.2) is 66.9 Å². The van der Waals surface area contributed by atoms with Gasteiger partial charge in [-0.05, 0) is 41.7 Å². The van der Waals surface area contributed by atoms with Gasteiger partial charge in [-0.1, -0.05) is 61.9 Å². The Labute approximate surface area is 187 Å². The Morgan fingerprint density at radius 2 is 1.66 bits per heavy atom. The molecule has 1 amide bonds. The van der Waals surface area contributed by atoms with Gasteiger partial charge in [-0.3, -0.25) is 9.48 Å². The van der Waals surface area contributed by atoms with Crippen molar-refractivity contribution < 1.29 is 4.79 Å². The van der Waals surface area contributed by atoms with E-state index >= 15 is 0 Å². The number of hydrogen-bond acceptors (Lipinski definition) is 4. The van der Waals surface area contributed by atoms with Crippen LogP contribution in [0.3, 0.4) is 0 Å². The van der Waals surface area contributed by atoms with E-state index in [1.54, 1.807) is 16.9 Å². The van der Waals surface area contributed by atoms with Crippen LogP contribution < -0.4 is 5.32 Å². The third-order valence-electron chi connectivity index (χ3n) is 5.79. The first-order valence-electron chi connectivity index (χ1n) is 11.1. The monoisotopic (exact) mass is 423 g/mol. The molecular weight excluding hydrogens is 398 g/mol. The van der Waals surface area contributed by atoms with Crippen LogP contribution in [0, 0.1) is 0 Å². The molecule has 3 heterocycles. The van der Waals surface area contributed by atoms with E-state index in [2.05, 4.69) is 58.7 Å². The second-order valence-corrected chi connectivity index (χ2v) is 8.04. The minimum Gasteiger partial charge on any atom is -0.349 e. The van der Waals surface area contributed by atoms with Crippen molar-refractivity contribution in [2.45, 2.75) is 32.7 Å². The summed E-state index contributed by atoms with van der Waals surface area (Å²) in [6.07, 6.45) is 5.31. The van der Waals surface area contributed by atoms with Gasteiger partial charge in [0, 0.05) is 18.3 Å². The lowest BCUT2D eigenvalue weighted by molar-refractivity contribution is 0.0924. The van der Waals surface area contributed by atoms with Crippen molar-refractivity contribution >= 4 is 5.91 Å². The summed E-state index contributed by atoms with van der Waals surface area (Å²) in [5, 5.41) is 7.39. The van der Waals surface area contributed by atoms with Crippen molar-refractivity contribution in [3.05, 3.63) is 78.1 Å². The molecule has 32 heavy (non-hydrogen) atoms. The van der Waals surface area contributed by atoms with Gasteiger partial charge in [0.1, 0.15) is 11.4 Å². The van der Waals surface area contributed by atoms with Crippen LogP contribution in [0.4, 0.5) is 0 Å². The van der Waals surface area contributed by atoms with Crippen LogP contribution in [-0.2, 0) is 13.0 Å². The number of nitrogens with one attached hydrogen (secondary N) is 1. The molecule has 0 radical (unpaired) electrons. The fourth-order valence-corrected chi connectivity index (χ4v) is 3.96. The lowest BCUT2D eigenvalue weighted by Gasteiger charge is -2.13. The number of rotatable bonds is 6. The van der Waals surface area contributed by atoms with Crippen LogP contribution in [0.2, 0.25) is 0 Å². The standard InChI is InChI=1S/C26H25N5O/c1-2-3-4-18-5-7-19(8-6-18)20-9-11-21(12-10-20)25-27-14-13-22(29-25)23-17-24-26(32)28-15-16-31(24)30-23/h5-14,17H,2-4,15-16H2,1H3,(H,28,32). The van der Waals surface area contributed by atoms with Crippen LogP contribution >= 0.6 is 0 Å². The second-order valence-electron chi connectivity index (χ2n) is 8.04. The first-order valence-corrected chi connectivity index (χ1v) is 11.1. The highest BCUT2D eigenvalue weighted by Crippen LogP contribution is 2.25. The van der Waals surface area contributed by atoms with Gasteiger partial charge in [-0.15, -0.1) is 0 Å². The molecule has 0 aliphatic carbocycles. The Morgan fingerprint density at radius 1 is 0.938 bits per heavy atom. The van der Waals surface area contributed by atoms with Gasteiger partial charge in [0.05, 0.1) is 12.2 Å². The third kappa shape index (κ3) is 4.04. The van der Waals surface area contributed by atoms with Crippen molar-refractivity contribution in [1.29, 1.82) is 0 Å². The molecule has 6 heteroatoms. The predicted octanol–water partition coefficient (Wildman–Crippen LogP) is 4.76.